The number of alkyl halides is 3. The fourth-order valence-corrected chi connectivity index (χ4v) is 3.50. The average molecular weight is 484 g/mol. The summed E-state index contributed by atoms with van der Waals surface area (Å²) in [6.07, 6.45) is -4.32. The number of hydrogen-bond acceptors (Lipinski definition) is 6. The molecule has 0 radical (unpaired) electrons. The van der Waals surface area contributed by atoms with Crippen LogP contribution in [0.4, 0.5) is 13.2 Å². The zero-order valence-electron chi connectivity index (χ0n) is 18.8. The topological polar surface area (TPSA) is 99.5 Å². The van der Waals surface area contributed by atoms with Crippen molar-refractivity contribution in [1.82, 2.24) is 9.80 Å². The van der Waals surface area contributed by atoms with Crippen LogP contribution in [-0.2, 0) is 28.9 Å². The third-order valence-corrected chi connectivity index (χ3v) is 5.25. The van der Waals surface area contributed by atoms with E-state index in [1.54, 1.807) is 26.4 Å². The molecule has 0 atom stereocenters. The predicted molar refractivity (Wildman–Crippen MR) is 117 cm³/mol. The number of methoxy groups -OCH3 is 2. The van der Waals surface area contributed by atoms with Crippen LogP contribution in [0.2, 0.25) is 0 Å². The Bertz CT molecular complexity index is 963. The van der Waals surface area contributed by atoms with Gasteiger partial charge in [0.2, 0.25) is 0 Å². The van der Waals surface area contributed by atoms with E-state index < -0.39 is 23.7 Å². The molecule has 0 bridgehead atoms. The molecule has 0 amide bonds. The molecule has 11 heteroatoms. The molecule has 186 valence electrons. The van der Waals surface area contributed by atoms with E-state index in [2.05, 4.69) is 9.80 Å². The van der Waals surface area contributed by atoms with Gasteiger partial charge in [0.25, 0.3) is 0 Å². The van der Waals surface area contributed by atoms with Crippen LogP contribution in [0.3, 0.4) is 0 Å². The van der Waals surface area contributed by atoms with E-state index in [4.69, 9.17) is 29.3 Å². The smallest absolute Gasteiger partial charge is 0.416 e. The third-order valence-electron chi connectivity index (χ3n) is 5.25. The highest BCUT2D eigenvalue weighted by molar-refractivity contribution is 6.27. The van der Waals surface area contributed by atoms with Gasteiger partial charge in [0.1, 0.15) is 11.5 Å². The summed E-state index contributed by atoms with van der Waals surface area (Å²) in [4.78, 5) is 22.6. The Balaban J connectivity index is 0.000000604. The number of aliphatic carboxylic acids is 2. The standard InChI is InChI=1S/C21H25F3N2O2.C2H2O4/c1-27-18-8-7-17(20(13-18)28-2)15-26-11-9-25(10-12-26)14-16-5-3-4-6-19(16)21(22,23)24;3-1(4)2(5)6/h3-8,13H,9-12,14-15H2,1-2H3;(H,3,4)(H,5,6). The molecular formula is C23H27F3N2O6. The molecule has 2 aromatic carbocycles. The van der Waals surface area contributed by atoms with Crippen molar-refractivity contribution < 1.29 is 42.4 Å². The van der Waals surface area contributed by atoms with Crippen LogP contribution in [-0.4, -0.2) is 72.4 Å². The van der Waals surface area contributed by atoms with Crippen molar-refractivity contribution in [3.63, 3.8) is 0 Å². The Morgan fingerprint density at radius 3 is 1.85 bits per heavy atom. The van der Waals surface area contributed by atoms with Gasteiger partial charge in [-0.25, -0.2) is 9.59 Å². The number of piperazine rings is 1. The number of benzene rings is 2. The van der Waals surface area contributed by atoms with E-state index >= 15 is 0 Å². The molecule has 1 heterocycles. The molecule has 0 spiro atoms. The molecule has 1 fully saturated rings. The Kier molecular flexibility index (Phi) is 9.69. The summed E-state index contributed by atoms with van der Waals surface area (Å²) in [5.74, 6) is -2.13. The van der Waals surface area contributed by atoms with E-state index in [-0.39, 0.29) is 0 Å². The highest BCUT2D eigenvalue weighted by Gasteiger charge is 2.33. The number of carboxylic acid groups (broad SMARTS) is 2. The molecule has 34 heavy (non-hydrogen) atoms. The summed E-state index contributed by atoms with van der Waals surface area (Å²) in [5.41, 5.74) is 0.861. The predicted octanol–water partition coefficient (Wildman–Crippen LogP) is 3.20. The van der Waals surface area contributed by atoms with Gasteiger partial charge in [-0.05, 0) is 17.7 Å². The minimum Gasteiger partial charge on any atom is -0.497 e. The molecule has 0 unspecified atom stereocenters. The van der Waals surface area contributed by atoms with E-state index in [0.717, 1.165) is 55.9 Å². The quantitative estimate of drug-likeness (QED) is 0.604. The van der Waals surface area contributed by atoms with E-state index in [1.165, 1.54) is 6.07 Å². The van der Waals surface area contributed by atoms with Crippen LogP contribution in [0.25, 0.3) is 0 Å². The van der Waals surface area contributed by atoms with Gasteiger partial charge in [-0.1, -0.05) is 24.3 Å². The van der Waals surface area contributed by atoms with Gasteiger partial charge in [0.05, 0.1) is 19.8 Å². The number of carboxylic acids is 2. The second-order valence-electron chi connectivity index (χ2n) is 7.50. The summed E-state index contributed by atoms with van der Waals surface area (Å²) in [6.45, 7) is 4.09. The normalized spacial score (nSPS) is 14.6. The van der Waals surface area contributed by atoms with Crippen molar-refractivity contribution in [3.8, 4) is 11.5 Å². The van der Waals surface area contributed by atoms with E-state index in [9.17, 15) is 13.2 Å². The van der Waals surface area contributed by atoms with Crippen LogP contribution < -0.4 is 9.47 Å². The number of rotatable bonds is 6. The molecule has 1 aliphatic rings. The number of ether oxygens (including phenoxy) is 2. The Morgan fingerprint density at radius 2 is 1.38 bits per heavy atom. The molecule has 8 nitrogen and oxygen atoms in total. The molecule has 1 aliphatic heterocycles. The first-order chi connectivity index (χ1) is 16.0. The maximum atomic E-state index is 13.2. The maximum Gasteiger partial charge on any atom is 0.416 e. The lowest BCUT2D eigenvalue weighted by Crippen LogP contribution is -2.45. The van der Waals surface area contributed by atoms with Gasteiger partial charge >= 0.3 is 18.1 Å². The van der Waals surface area contributed by atoms with Crippen LogP contribution in [0.1, 0.15) is 16.7 Å². The van der Waals surface area contributed by atoms with Crippen LogP contribution in [0.5, 0.6) is 11.5 Å². The minimum absolute atomic E-state index is 0.315. The molecule has 0 saturated carbocycles. The number of hydrogen-bond donors (Lipinski definition) is 2. The minimum atomic E-state index is -4.32. The van der Waals surface area contributed by atoms with E-state index in [0.29, 0.717) is 12.1 Å². The summed E-state index contributed by atoms with van der Waals surface area (Å²) in [7, 11) is 3.25. The van der Waals surface area contributed by atoms with Crippen molar-refractivity contribution in [2.75, 3.05) is 40.4 Å². The van der Waals surface area contributed by atoms with Gasteiger partial charge in [-0.2, -0.15) is 13.2 Å². The number of halogens is 3. The fraction of sp³-hybridized carbons (Fsp3) is 0.391. The average Bonchev–Trinajstić information content (AvgIpc) is 2.80. The molecule has 0 aliphatic carbocycles. The molecular weight excluding hydrogens is 457 g/mol. The van der Waals surface area contributed by atoms with Crippen LogP contribution in [0, 0.1) is 0 Å². The largest absolute Gasteiger partial charge is 0.497 e. The molecule has 2 N–H and O–H groups in total. The summed E-state index contributed by atoms with van der Waals surface area (Å²) >= 11 is 0. The van der Waals surface area contributed by atoms with Gasteiger partial charge in [-0.15, -0.1) is 0 Å². The lowest BCUT2D eigenvalue weighted by atomic mass is 10.1. The summed E-state index contributed by atoms with van der Waals surface area (Å²) < 4.78 is 50.2. The van der Waals surface area contributed by atoms with Crippen molar-refractivity contribution in [2.24, 2.45) is 0 Å². The van der Waals surface area contributed by atoms with Gasteiger partial charge in [-0.3, -0.25) is 9.80 Å². The van der Waals surface area contributed by atoms with Gasteiger partial charge < -0.3 is 19.7 Å². The highest BCUT2D eigenvalue weighted by Crippen LogP contribution is 2.32. The molecule has 2 aromatic rings. The highest BCUT2D eigenvalue weighted by atomic mass is 19.4. The molecule has 3 rings (SSSR count). The van der Waals surface area contributed by atoms with Gasteiger partial charge in [0, 0.05) is 50.9 Å². The van der Waals surface area contributed by atoms with E-state index in [1.807, 2.05) is 18.2 Å². The Labute approximate surface area is 195 Å². The lowest BCUT2D eigenvalue weighted by Gasteiger charge is -2.35. The van der Waals surface area contributed by atoms with Crippen molar-refractivity contribution in [2.45, 2.75) is 19.3 Å². The first-order valence-corrected chi connectivity index (χ1v) is 10.3. The summed E-state index contributed by atoms with van der Waals surface area (Å²) in [5, 5.41) is 14.8. The first-order valence-electron chi connectivity index (χ1n) is 10.3. The second kappa shape index (κ2) is 12.2. The van der Waals surface area contributed by atoms with Crippen molar-refractivity contribution >= 4 is 11.9 Å². The van der Waals surface area contributed by atoms with Crippen molar-refractivity contribution in [3.05, 3.63) is 59.2 Å². The third kappa shape index (κ3) is 7.92. The molecule has 0 aromatic heterocycles. The lowest BCUT2D eigenvalue weighted by molar-refractivity contribution is -0.159. The first kappa shape index (κ1) is 26.9. The Morgan fingerprint density at radius 1 is 0.853 bits per heavy atom. The number of carbonyl (C=O) groups is 2. The molecule has 1 saturated heterocycles. The number of nitrogens with zero attached hydrogens (tertiary/aromatic N) is 2. The Hall–Kier alpha value is -3.31. The fourth-order valence-electron chi connectivity index (χ4n) is 3.50. The zero-order chi connectivity index (χ0) is 25.3. The van der Waals surface area contributed by atoms with Gasteiger partial charge in [0.15, 0.2) is 0 Å². The summed E-state index contributed by atoms with van der Waals surface area (Å²) in [6, 6.07) is 11.6. The van der Waals surface area contributed by atoms with Crippen LogP contribution >= 0.6 is 0 Å². The van der Waals surface area contributed by atoms with Crippen molar-refractivity contribution in [1.29, 1.82) is 0 Å². The van der Waals surface area contributed by atoms with Crippen LogP contribution in [0.15, 0.2) is 42.5 Å². The SMILES string of the molecule is COc1ccc(CN2CCN(Cc3ccccc3C(F)(F)F)CC2)c(OC)c1.O=C(O)C(=O)O. The maximum absolute atomic E-state index is 13.2. The second-order valence-corrected chi connectivity index (χ2v) is 7.50. The monoisotopic (exact) mass is 484 g/mol. The zero-order valence-corrected chi connectivity index (χ0v) is 18.8.